The SMILES string of the molecule is Cc1cc(C)c(C(=O)CSc2cnccn2)cc1C. The van der Waals surface area contributed by atoms with Gasteiger partial charge in [-0.25, -0.2) is 4.98 Å². The van der Waals surface area contributed by atoms with Crippen molar-refractivity contribution in [1.82, 2.24) is 9.97 Å². The van der Waals surface area contributed by atoms with Crippen LogP contribution in [0.5, 0.6) is 0 Å². The van der Waals surface area contributed by atoms with Crippen LogP contribution in [0.3, 0.4) is 0 Å². The van der Waals surface area contributed by atoms with Crippen molar-refractivity contribution in [3.05, 3.63) is 53.0 Å². The minimum Gasteiger partial charge on any atom is -0.293 e. The first-order chi connectivity index (χ1) is 9.08. The number of ketones is 1. The molecule has 1 aromatic heterocycles. The van der Waals surface area contributed by atoms with Crippen LogP contribution in [0.2, 0.25) is 0 Å². The monoisotopic (exact) mass is 272 g/mol. The Morgan fingerprint density at radius 1 is 1.11 bits per heavy atom. The molecule has 0 saturated carbocycles. The Labute approximate surface area is 117 Å². The Morgan fingerprint density at radius 3 is 2.53 bits per heavy atom. The Morgan fingerprint density at radius 2 is 1.84 bits per heavy atom. The molecule has 19 heavy (non-hydrogen) atoms. The molecule has 0 fully saturated rings. The largest absolute Gasteiger partial charge is 0.293 e. The van der Waals surface area contributed by atoms with Gasteiger partial charge in [0.05, 0.1) is 11.9 Å². The van der Waals surface area contributed by atoms with Crippen molar-refractivity contribution in [2.24, 2.45) is 0 Å². The molecule has 0 aliphatic rings. The molecule has 3 nitrogen and oxygen atoms in total. The average Bonchev–Trinajstić information content (AvgIpc) is 2.41. The van der Waals surface area contributed by atoms with E-state index in [4.69, 9.17) is 0 Å². The molecule has 0 saturated heterocycles. The summed E-state index contributed by atoms with van der Waals surface area (Å²) >= 11 is 1.42. The molecule has 1 aromatic carbocycles. The number of Topliss-reactive ketones (excluding diaryl/α,β-unsaturated/α-hetero) is 1. The summed E-state index contributed by atoms with van der Waals surface area (Å²) in [7, 11) is 0. The molecule has 0 radical (unpaired) electrons. The molecular formula is C15H16N2OS. The Kier molecular flexibility index (Phi) is 4.32. The molecule has 98 valence electrons. The number of carbonyl (C=O) groups excluding carboxylic acids is 1. The summed E-state index contributed by atoms with van der Waals surface area (Å²) in [5.41, 5.74) is 4.21. The third kappa shape index (κ3) is 3.41. The van der Waals surface area contributed by atoms with E-state index in [9.17, 15) is 4.79 Å². The molecule has 0 atom stereocenters. The number of aromatic nitrogens is 2. The number of carbonyl (C=O) groups is 1. The van der Waals surface area contributed by atoms with E-state index >= 15 is 0 Å². The third-order valence-corrected chi connectivity index (χ3v) is 3.94. The maximum absolute atomic E-state index is 12.2. The molecule has 0 aliphatic carbocycles. The molecule has 0 bridgehead atoms. The first-order valence-electron chi connectivity index (χ1n) is 6.08. The number of benzene rings is 1. The van der Waals surface area contributed by atoms with Gasteiger partial charge in [-0.3, -0.25) is 9.78 Å². The predicted octanol–water partition coefficient (Wildman–Crippen LogP) is 3.38. The maximum Gasteiger partial charge on any atom is 0.173 e. The van der Waals surface area contributed by atoms with Crippen LogP contribution >= 0.6 is 11.8 Å². The van der Waals surface area contributed by atoms with Crippen LogP contribution in [-0.4, -0.2) is 21.5 Å². The molecule has 1 heterocycles. The van der Waals surface area contributed by atoms with Crippen molar-refractivity contribution >= 4 is 17.5 Å². The van der Waals surface area contributed by atoms with Gasteiger partial charge < -0.3 is 0 Å². The lowest BCUT2D eigenvalue weighted by Crippen LogP contribution is -2.06. The summed E-state index contributed by atoms with van der Waals surface area (Å²) in [4.78, 5) is 20.4. The van der Waals surface area contributed by atoms with Crippen molar-refractivity contribution in [2.75, 3.05) is 5.75 Å². The summed E-state index contributed by atoms with van der Waals surface area (Å²) in [5, 5.41) is 0.775. The lowest BCUT2D eigenvalue weighted by molar-refractivity contribution is 0.102. The van der Waals surface area contributed by atoms with Gasteiger partial charge in [0.2, 0.25) is 0 Å². The Balaban J connectivity index is 2.10. The van der Waals surface area contributed by atoms with Gasteiger partial charge in [-0.05, 0) is 43.5 Å². The van der Waals surface area contributed by atoms with Crippen LogP contribution in [0.1, 0.15) is 27.0 Å². The molecule has 0 spiro atoms. The second-order valence-corrected chi connectivity index (χ2v) is 5.50. The van der Waals surface area contributed by atoms with Crippen molar-refractivity contribution < 1.29 is 4.79 Å². The molecule has 0 N–H and O–H groups in total. The minimum atomic E-state index is 0.135. The van der Waals surface area contributed by atoms with E-state index in [1.54, 1.807) is 18.6 Å². The second-order valence-electron chi connectivity index (χ2n) is 4.51. The van der Waals surface area contributed by atoms with Crippen LogP contribution in [0.25, 0.3) is 0 Å². The van der Waals surface area contributed by atoms with E-state index in [0.717, 1.165) is 21.7 Å². The van der Waals surface area contributed by atoms with Crippen molar-refractivity contribution in [3.63, 3.8) is 0 Å². The number of thioether (sulfide) groups is 1. The standard InChI is InChI=1S/C15H16N2OS/c1-10-6-12(3)13(7-11(10)2)14(18)9-19-15-8-16-4-5-17-15/h4-8H,9H2,1-3H3. The highest BCUT2D eigenvalue weighted by Crippen LogP contribution is 2.20. The zero-order valence-electron chi connectivity index (χ0n) is 11.3. The summed E-state index contributed by atoms with van der Waals surface area (Å²) in [6.45, 7) is 6.07. The highest BCUT2D eigenvalue weighted by atomic mass is 32.2. The van der Waals surface area contributed by atoms with Crippen molar-refractivity contribution in [3.8, 4) is 0 Å². The number of aryl methyl sites for hydroxylation is 3. The van der Waals surface area contributed by atoms with E-state index < -0.39 is 0 Å². The Hall–Kier alpha value is -1.68. The number of nitrogens with zero attached hydrogens (tertiary/aromatic N) is 2. The van der Waals surface area contributed by atoms with Crippen LogP contribution in [0, 0.1) is 20.8 Å². The van der Waals surface area contributed by atoms with Gasteiger partial charge in [0, 0.05) is 18.0 Å². The fraction of sp³-hybridized carbons (Fsp3) is 0.267. The van der Waals surface area contributed by atoms with E-state index in [2.05, 4.69) is 23.0 Å². The first-order valence-corrected chi connectivity index (χ1v) is 7.06. The van der Waals surface area contributed by atoms with Gasteiger partial charge >= 0.3 is 0 Å². The average molecular weight is 272 g/mol. The van der Waals surface area contributed by atoms with Crippen LogP contribution < -0.4 is 0 Å². The quantitative estimate of drug-likeness (QED) is 0.632. The zero-order valence-corrected chi connectivity index (χ0v) is 12.1. The molecular weight excluding hydrogens is 256 g/mol. The molecule has 2 rings (SSSR count). The van der Waals surface area contributed by atoms with Gasteiger partial charge in [-0.15, -0.1) is 0 Å². The van der Waals surface area contributed by atoms with E-state index in [1.807, 2.05) is 19.9 Å². The van der Waals surface area contributed by atoms with Gasteiger partial charge in [0.1, 0.15) is 5.03 Å². The fourth-order valence-corrected chi connectivity index (χ4v) is 2.54. The third-order valence-electron chi connectivity index (χ3n) is 3.03. The van der Waals surface area contributed by atoms with Gasteiger partial charge in [0.15, 0.2) is 5.78 Å². The summed E-state index contributed by atoms with van der Waals surface area (Å²) in [6.07, 6.45) is 4.93. The molecule has 2 aromatic rings. The summed E-state index contributed by atoms with van der Waals surface area (Å²) in [5.74, 6) is 0.526. The van der Waals surface area contributed by atoms with Crippen LogP contribution in [-0.2, 0) is 0 Å². The molecule has 0 aliphatic heterocycles. The fourth-order valence-electron chi connectivity index (χ4n) is 1.84. The van der Waals surface area contributed by atoms with Gasteiger partial charge in [0.25, 0.3) is 0 Å². The maximum atomic E-state index is 12.2. The van der Waals surface area contributed by atoms with Crippen molar-refractivity contribution in [1.29, 1.82) is 0 Å². The highest BCUT2D eigenvalue weighted by Gasteiger charge is 2.11. The van der Waals surface area contributed by atoms with Gasteiger partial charge in [-0.2, -0.15) is 0 Å². The van der Waals surface area contributed by atoms with E-state index in [-0.39, 0.29) is 5.78 Å². The smallest absolute Gasteiger partial charge is 0.173 e. The number of rotatable bonds is 4. The summed E-state index contributed by atoms with van der Waals surface area (Å²) < 4.78 is 0. The number of hydrogen-bond donors (Lipinski definition) is 0. The molecule has 4 heteroatoms. The molecule has 0 amide bonds. The topological polar surface area (TPSA) is 42.9 Å². The van der Waals surface area contributed by atoms with Crippen LogP contribution in [0.15, 0.2) is 35.7 Å². The lowest BCUT2D eigenvalue weighted by atomic mass is 9.99. The number of hydrogen-bond acceptors (Lipinski definition) is 4. The normalized spacial score (nSPS) is 10.5. The predicted molar refractivity (Wildman–Crippen MR) is 77.7 cm³/mol. The van der Waals surface area contributed by atoms with Gasteiger partial charge in [-0.1, -0.05) is 17.8 Å². The van der Waals surface area contributed by atoms with Crippen LogP contribution in [0.4, 0.5) is 0 Å². The van der Waals surface area contributed by atoms with E-state index in [0.29, 0.717) is 5.75 Å². The minimum absolute atomic E-state index is 0.135. The van der Waals surface area contributed by atoms with Crippen molar-refractivity contribution in [2.45, 2.75) is 25.8 Å². The Bertz CT molecular complexity index is 597. The zero-order chi connectivity index (χ0) is 13.8. The molecule has 0 unspecified atom stereocenters. The van der Waals surface area contributed by atoms with E-state index in [1.165, 1.54) is 17.3 Å². The summed E-state index contributed by atoms with van der Waals surface area (Å²) in [6, 6.07) is 4.04. The first kappa shape index (κ1) is 13.7. The second kappa shape index (κ2) is 5.97. The highest BCUT2D eigenvalue weighted by molar-refractivity contribution is 7.99. The lowest BCUT2D eigenvalue weighted by Gasteiger charge is -2.08.